The molecule has 0 unspecified atom stereocenters. The van der Waals surface area contributed by atoms with Gasteiger partial charge in [-0.1, -0.05) is 24.6 Å². The van der Waals surface area contributed by atoms with E-state index in [1.165, 1.54) is 6.92 Å². The predicted molar refractivity (Wildman–Crippen MR) is 103 cm³/mol. The van der Waals surface area contributed by atoms with Crippen molar-refractivity contribution in [1.29, 1.82) is 0 Å². The molecule has 4 aliphatic rings. The molecule has 4 rings (SSSR count). The molecule has 1 spiro atoms. The molecule has 154 valence electrons. The van der Waals surface area contributed by atoms with Gasteiger partial charge >= 0.3 is 18.2 Å². The molecule has 0 radical (unpaired) electrons. The van der Waals surface area contributed by atoms with Gasteiger partial charge in [0.05, 0.1) is 5.92 Å². The summed E-state index contributed by atoms with van der Waals surface area (Å²) in [7, 11) is 0. The van der Waals surface area contributed by atoms with Gasteiger partial charge in [-0.15, -0.1) is 0 Å². The average Bonchev–Trinajstić information content (AvgIpc) is 3.03. The van der Waals surface area contributed by atoms with Gasteiger partial charge in [-0.3, -0.25) is 14.4 Å². The molecule has 0 heterocycles. The summed E-state index contributed by atoms with van der Waals surface area (Å²) in [6.45, 7) is 7.34. The molecule has 7 heteroatoms. The van der Waals surface area contributed by atoms with Crippen LogP contribution in [0.25, 0.3) is 5.53 Å². The molecule has 1 N–H and O–H groups in total. The third-order valence-corrected chi connectivity index (χ3v) is 8.02. The van der Waals surface area contributed by atoms with Crippen LogP contribution < -0.4 is 0 Å². The maximum absolute atomic E-state index is 12.9. The van der Waals surface area contributed by atoms with E-state index in [0.717, 1.165) is 35.8 Å². The first kappa shape index (κ1) is 19.8. The Morgan fingerprint density at radius 1 is 1.31 bits per heavy atom. The summed E-state index contributed by atoms with van der Waals surface area (Å²) in [6, 6.07) is 0. The van der Waals surface area contributed by atoms with Crippen LogP contribution in [0.5, 0.6) is 0 Å². The van der Waals surface area contributed by atoms with Crippen molar-refractivity contribution >= 4 is 23.9 Å². The number of carboxylic acids is 1. The fourth-order valence-corrected chi connectivity index (χ4v) is 7.04. The zero-order valence-corrected chi connectivity index (χ0v) is 16.9. The van der Waals surface area contributed by atoms with Gasteiger partial charge in [-0.05, 0) is 44.1 Å². The molecule has 2 bridgehead atoms. The molecule has 3 saturated carbocycles. The van der Waals surface area contributed by atoms with Crippen LogP contribution in [0.2, 0.25) is 0 Å². The number of fused-ring (bicyclic) bond motifs is 2. The first-order valence-electron chi connectivity index (χ1n) is 10.2. The smallest absolute Gasteiger partial charge is 0.323 e. The van der Waals surface area contributed by atoms with Crippen molar-refractivity contribution in [3.05, 3.63) is 28.8 Å². The monoisotopic (exact) mass is 398 g/mol. The second kappa shape index (κ2) is 6.23. The average molecular weight is 398 g/mol. The Bertz CT molecular complexity index is 929. The zero-order valence-electron chi connectivity index (χ0n) is 16.9. The van der Waals surface area contributed by atoms with Crippen molar-refractivity contribution in [2.24, 2.45) is 22.7 Å². The third kappa shape index (κ3) is 2.46. The topological polar surface area (TPSA) is 117 Å². The summed E-state index contributed by atoms with van der Waals surface area (Å²) in [6.07, 6.45) is 5.16. The number of hydrogen-bond acceptors (Lipinski definition) is 4. The molecule has 5 atom stereocenters. The predicted octanol–water partition coefficient (Wildman–Crippen LogP) is 3.11. The van der Waals surface area contributed by atoms with Crippen molar-refractivity contribution in [2.45, 2.75) is 64.4 Å². The van der Waals surface area contributed by atoms with Gasteiger partial charge in [0, 0.05) is 30.1 Å². The Balaban J connectivity index is 1.88. The molecule has 4 aliphatic carbocycles. The quantitative estimate of drug-likeness (QED) is 0.257. The van der Waals surface area contributed by atoms with E-state index in [0.29, 0.717) is 32.1 Å². The summed E-state index contributed by atoms with van der Waals surface area (Å²) in [5.74, 6) is -2.90. The standard InChI is InChI=1S/C22H26N2O5/c1-12-9-21-11-22(12,29-13(2)25)8-6-15(21)14-5-4-7-20(3,16(26)10-24-23)17(14)18(21)19(27)28/h10,17-18H,1,4-9,11H2,2-3H3,(H,27,28)/t17-,18-,20+,21+,22+/m1/s1. The number of esters is 1. The Kier molecular flexibility index (Phi) is 4.25. The number of ketones is 1. The van der Waals surface area contributed by atoms with Crippen LogP contribution in [0.15, 0.2) is 23.3 Å². The van der Waals surface area contributed by atoms with E-state index in [9.17, 15) is 19.5 Å². The SMILES string of the molecule is C=C1C[C@]23C[C@@]1(OC(C)=O)CCC2=C1CCC[C@@](C)(C(=O)C=[N+]=[N-])[C@H]1[C@@H]3C(=O)O. The maximum Gasteiger partial charge on any atom is 0.323 e. The van der Waals surface area contributed by atoms with Crippen molar-refractivity contribution in [2.75, 3.05) is 0 Å². The summed E-state index contributed by atoms with van der Waals surface area (Å²) in [5, 5.41) is 10.3. The molecule has 0 aromatic rings. The lowest BCUT2D eigenvalue weighted by atomic mass is 9.57. The van der Waals surface area contributed by atoms with Crippen molar-refractivity contribution in [3.8, 4) is 0 Å². The lowest BCUT2D eigenvalue weighted by molar-refractivity contribution is -0.158. The van der Waals surface area contributed by atoms with Crippen LogP contribution in [-0.4, -0.2) is 39.4 Å². The molecule has 0 saturated heterocycles. The Labute approximate surface area is 169 Å². The number of ether oxygens (including phenoxy) is 1. The minimum atomic E-state index is -0.935. The van der Waals surface area contributed by atoms with Crippen LogP contribution in [0.3, 0.4) is 0 Å². The van der Waals surface area contributed by atoms with E-state index in [-0.39, 0.29) is 11.8 Å². The van der Waals surface area contributed by atoms with Crippen molar-refractivity contribution in [3.63, 3.8) is 0 Å². The summed E-state index contributed by atoms with van der Waals surface area (Å²) in [5.41, 5.74) is 9.49. The van der Waals surface area contributed by atoms with Gasteiger partial charge in [0.2, 0.25) is 5.78 Å². The lowest BCUT2D eigenvalue weighted by Crippen LogP contribution is -2.48. The number of carboxylic acid groups (broad SMARTS) is 1. The Morgan fingerprint density at radius 2 is 2.03 bits per heavy atom. The van der Waals surface area contributed by atoms with Crippen LogP contribution in [0, 0.1) is 22.7 Å². The lowest BCUT2D eigenvalue weighted by Gasteiger charge is -2.43. The summed E-state index contributed by atoms with van der Waals surface area (Å²) >= 11 is 0. The minimum Gasteiger partial charge on any atom is -0.481 e. The van der Waals surface area contributed by atoms with Gasteiger partial charge in [0.25, 0.3) is 0 Å². The molecule has 29 heavy (non-hydrogen) atoms. The van der Waals surface area contributed by atoms with Crippen LogP contribution in [-0.2, 0) is 19.1 Å². The molecular formula is C22H26N2O5. The van der Waals surface area contributed by atoms with E-state index in [1.54, 1.807) is 6.92 Å². The molecule has 0 aliphatic heterocycles. The number of carbonyl (C=O) groups excluding carboxylic acids is 2. The Hall–Kier alpha value is -2.53. The largest absolute Gasteiger partial charge is 0.481 e. The third-order valence-electron chi connectivity index (χ3n) is 8.02. The first-order valence-corrected chi connectivity index (χ1v) is 10.2. The molecule has 0 aromatic carbocycles. The second-order valence-corrected chi connectivity index (χ2v) is 9.38. The highest BCUT2D eigenvalue weighted by atomic mass is 16.6. The number of Topliss-reactive ketones (excluding diaryl/α,β-unsaturated/α-hetero) is 1. The number of aliphatic carboxylic acids is 1. The highest BCUT2D eigenvalue weighted by molar-refractivity contribution is 6.28. The highest BCUT2D eigenvalue weighted by Gasteiger charge is 2.70. The number of rotatable bonds is 4. The van der Waals surface area contributed by atoms with E-state index < -0.39 is 34.2 Å². The van der Waals surface area contributed by atoms with Gasteiger partial charge in [-0.2, -0.15) is 4.79 Å². The van der Waals surface area contributed by atoms with Gasteiger partial charge in [-0.25, -0.2) is 0 Å². The second-order valence-electron chi connectivity index (χ2n) is 9.38. The normalized spacial score (nSPS) is 40.0. The summed E-state index contributed by atoms with van der Waals surface area (Å²) in [4.78, 5) is 40.2. The molecule has 0 aromatic heterocycles. The molecule has 7 nitrogen and oxygen atoms in total. The number of hydrogen-bond donors (Lipinski definition) is 1. The minimum absolute atomic E-state index is 0.341. The van der Waals surface area contributed by atoms with Gasteiger partial charge < -0.3 is 15.4 Å². The highest BCUT2D eigenvalue weighted by Crippen LogP contribution is 2.72. The van der Waals surface area contributed by atoms with E-state index in [4.69, 9.17) is 10.3 Å². The van der Waals surface area contributed by atoms with Crippen molar-refractivity contribution in [1.82, 2.24) is 0 Å². The fraction of sp³-hybridized carbons (Fsp3) is 0.636. The maximum atomic E-state index is 12.9. The fourth-order valence-electron chi connectivity index (χ4n) is 7.04. The zero-order chi connectivity index (χ0) is 21.2. The van der Waals surface area contributed by atoms with Gasteiger partial charge in [0.15, 0.2) is 0 Å². The van der Waals surface area contributed by atoms with Crippen LogP contribution >= 0.6 is 0 Å². The Morgan fingerprint density at radius 3 is 2.66 bits per heavy atom. The molecule has 3 fully saturated rings. The van der Waals surface area contributed by atoms with Crippen molar-refractivity contribution < 1.29 is 29.0 Å². The first-order chi connectivity index (χ1) is 13.6. The van der Waals surface area contributed by atoms with E-state index >= 15 is 0 Å². The van der Waals surface area contributed by atoms with Gasteiger partial charge in [0.1, 0.15) is 5.60 Å². The van der Waals surface area contributed by atoms with E-state index in [1.807, 2.05) is 0 Å². The number of allylic oxidation sites excluding steroid dienone is 2. The number of carbonyl (C=O) groups is 3. The van der Waals surface area contributed by atoms with Crippen LogP contribution in [0.1, 0.15) is 58.8 Å². The van der Waals surface area contributed by atoms with E-state index in [2.05, 4.69) is 11.4 Å². The summed E-state index contributed by atoms with van der Waals surface area (Å²) < 4.78 is 5.73. The molecular weight excluding hydrogens is 372 g/mol. The number of nitrogens with zero attached hydrogens (tertiary/aromatic N) is 2. The molecule has 0 amide bonds. The van der Waals surface area contributed by atoms with Crippen LogP contribution in [0.4, 0.5) is 0 Å².